The number of carbonyl (C=O) groups is 2. The summed E-state index contributed by atoms with van der Waals surface area (Å²) in [4.78, 5) is 26.7. The van der Waals surface area contributed by atoms with Gasteiger partial charge in [0.05, 0.1) is 17.4 Å². The Labute approximate surface area is 146 Å². The number of nitrogens with zero attached hydrogens (tertiary/aromatic N) is 1. The van der Waals surface area contributed by atoms with E-state index in [1.54, 1.807) is 29.2 Å². The second kappa shape index (κ2) is 6.63. The van der Waals surface area contributed by atoms with Crippen molar-refractivity contribution >= 4 is 23.2 Å². The Hall–Kier alpha value is -2.76. The lowest BCUT2D eigenvalue weighted by molar-refractivity contribution is -0.127. The predicted octanol–water partition coefficient (Wildman–Crippen LogP) is 3.69. The van der Waals surface area contributed by atoms with Crippen molar-refractivity contribution in [3.8, 4) is 5.75 Å². The molecule has 132 valence electrons. The fourth-order valence-corrected chi connectivity index (χ4v) is 2.77. The SMILES string of the molecule is CCCN1C(=O)C(C)(C)COc2cc(NC(=O)c3ccco3)ccc21. The number of benzene rings is 1. The second-order valence-electron chi connectivity index (χ2n) is 6.74. The van der Waals surface area contributed by atoms with E-state index < -0.39 is 5.41 Å². The Kier molecular flexibility index (Phi) is 4.53. The minimum atomic E-state index is -0.605. The van der Waals surface area contributed by atoms with E-state index in [0.29, 0.717) is 18.0 Å². The molecule has 25 heavy (non-hydrogen) atoms. The highest BCUT2D eigenvalue weighted by Gasteiger charge is 2.37. The number of furan rings is 1. The van der Waals surface area contributed by atoms with Gasteiger partial charge in [0.25, 0.3) is 5.91 Å². The topological polar surface area (TPSA) is 71.8 Å². The Balaban J connectivity index is 1.90. The lowest BCUT2D eigenvalue weighted by Gasteiger charge is -2.27. The average Bonchev–Trinajstić information content (AvgIpc) is 3.10. The third-order valence-electron chi connectivity index (χ3n) is 4.11. The van der Waals surface area contributed by atoms with Gasteiger partial charge in [-0.05, 0) is 44.5 Å². The summed E-state index contributed by atoms with van der Waals surface area (Å²) in [5.41, 5.74) is 0.711. The van der Waals surface area contributed by atoms with E-state index in [1.807, 2.05) is 26.8 Å². The maximum Gasteiger partial charge on any atom is 0.291 e. The summed E-state index contributed by atoms with van der Waals surface area (Å²) < 4.78 is 11.0. The van der Waals surface area contributed by atoms with Crippen molar-refractivity contribution in [2.24, 2.45) is 5.41 Å². The number of carbonyl (C=O) groups excluding carboxylic acids is 2. The van der Waals surface area contributed by atoms with E-state index in [9.17, 15) is 9.59 Å². The Morgan fingerprint density at radius 3 is 2.80 bits per heavy atom. The number of hydrogen-bond donors (Lipinski definition) is 1. The molecule has 0 bridgehead atoms. The molecule has 0 unspecified atom stereocenters. The van der Waals surface area contributed by atoms with Crippen molar-refractivity contribution in [3.05, 3.63) is 42.4 Å². The van der Waals surface area contributed by atoms with Crippen LogP contribution < -0.4 is 15.0 Å². The second-order valence-corrected chi connectivity index (χ2v) is 6.74. The number of amides is 2. The zero-order valence-corrected chi connectivity index (χ0v) is 14.7. The lowest BCUT2D eigenvalue weighted by atomic mass is 9.93. The van der Waals surface area contributed by atoms with Gasteiger partial charge in [0.15, 0.2) is 5.76 Å². The molecule has 2 heterocycles. The first-order chi connectivity index (χ1) is 11.9. The number of anilines is 2. The monoisotopic (exact) mass is 342 g/mol. The van der Waals surface area contributed by atoms with Crippen LogP contribution in [0.2, 0.25) is 0 Å². The third-order valence-corrected chi connectivity index (χ3v) is 4.11. The van der Waals surface area contributed by atoms with Gasteiger partial charge in [0.1, 0.15) is 12.4 Å². The molecule has 0 fully saturated rings. The van der Waals surface area contributed by atoms with E-state index in [1.165, 1.54) is 6.26 Å². The highest BCUT2D eigenvalue weighted by atomic mass is 16.5. The Morgan fingerprint density at radius 1 is 1.32 bits per heavy atom. The number of fused-ring (bicyclic) bond motifs is 1. The van der Waals surface area contributed by atoms with Crippen LogP contribution in [0.3, 0.4) is 0 Å². The van der Waals surface area contributed by atoms with Crippen molar-refractivity contribution in [1.29, 1.82) is 0 Å². The van der Waals surface area contributed by atoms with Gasteiger partial charge in [-0.2, -0.15) is 0 Å². The third kappa shape index (κ3) is 3.38. The van der Waals surface area contributed by atoms with Gasteiger partial charge in [-0.25, -0.2) is 0 Å². The van der Waals surface area contributed by atoms with Crippen molar-refractivity contribution in [1.82, 2.24) is 0 Å². The summed E-state index contributed by atoms with van der Waals surface area (Å²) in [6.07, 6.45) is 2.30. The molecule has 0 atom stereocenters. The molecular weight excluding hydrogens is 320 g/mol. The fourth-order valence-electron chi connectivity index (χ4n) is 2.77. The summed E-state index contributed by atoms with van der Waals surface area (Å²) in [5.74, 6) is 0.533. The van der Waals surface area contributed by atoms with Crippen LogP contribution in [0, 0.1) is 5.41 Å². The van der Waals surface area contributed by atoms with Crippen LogP contribution in [-0.2, 0) is 4.79 Å². The van der Waals surface area contributed by atoms with E-state index in [4.69, 9.17) is 9.15 Å². The molecule has 6 heteroatoms. The number of hydrogen-bond acceptors (Lipinski definition) is 4. The van der Waals surface area contributed by atoms with Crippen LogP contribution in [0.25, 0.3) is 0 Å². The molecule has 0 spiro atoms. The van der Waals surface area contributed by atoms with E-state index >= 15 is 0 Å². The summed E-state index contributed by atoms with van der Waals surface area (Å²) in [7, 11) is 0. The minimum absolute atomic E-state index is 0.0421. The van der Waals surface area contributed by atoms with Gasteiger partial charge in [-0.15, -0.1) is 0 Å². The quantitative estimate of drug-likeness (QED) is 0.920. The summed E-state index contributed by atoms with van der Waals surface area (Å²) >= 11 is 0. The van der Waals surface area contributed by atoms with Crippen LogP contribution >= 0.6 is 0 Å². The molecule has 1 N–H and O–H groups in total. The van der Waals surface area contributed by atoms with Gasteiger partial charge in [-0.3, -0.25) is 9.59 Å². The highest BCUT2D eigenvalue weighted by molar-refractivity contribution is 6.03. The number of nitrogens with one attached hydrogen (secondary N) is 1. The Morgan fingerprint density at radius 2 is 2.12 bits per heavy atom. The molecule has 2 aromatic rings. The van der Waals surface area contributed by atoms with Crippen LogP contribution in [0.1, 0.15) is 37.7 Å². The van der Waals surface area contributed by atoms with Crippen LogP contribution in [0.4, 0.5) is 11.4 Å². The molecular formula is C19H22N2O4. The van der Waals surface area contributed by atoms with E-state index in [2.05, 4.69) is 5.32 Å². The average molecular weight is 342 g/mol. The van der Waals surface area contributed by atoms with Gasteiger partial charge in [-0.1, -0.05) is 6.92 Å². The first-order valence-corrected chi connectivity index (χ1v) is 8.36. The van der Waals surface area contributed by atoms with Crippen molar-refractivity contribution in [2.75, 3.05) is 23.4 Å². The van der Waals surface area contributed by atoms with Gasteiger partial charge in [0, 0.05) is 18.3 Å². The van der Waals surface area contributed by atoms with Crippen molar-refractivity contribution in [3.63, 3.8) is 0 Å². The summed E-state index contributed by atoms with van der Waals surface area (Å²) in [6.45, 7) is 6.70. The molecule has 1 aromatic heterocycles. The fraction of sp³-hybridized carbons (Fsp3) is 0.368. The zero-order valence-electron chi connectivity index (χ0n) is 14.7. The van der Waals surface area contributed by atoms with Gasteiger partial charge < -0.3 is 19.4 Å². The minimum Gasteiger partial charge on any atom is -0.490 e. The van der Waals surface area contributed by atoms with Gasteiger partial charge >= 0.3 is 0 Å². The molecule has 3 rings (SSSR count). The Bertz CT molecular complexity index is 781. The zero-order chi connectivity index (χ0) is 18.0. The molecule has 1 aromatic carbocycles. The maximum absolute atomic E-state index is 12.8. The number of rotatable bonds is 4. The predicted molar refractivity (Wildman–Crippen MR) is 95.0 cm³/mol. The summed E-state index contributed by atoms with van der Waals surface area (Å²) in [6, 6.07) is 8.57. The maximum atomic E-state index is 12.8. The molecule has 0 saturated carbocycles. The van der Waals surface area contributed by atoms with E-state index in [-0.39, 0.29) is 24.2 Å². The molecule has 0 aliphatic carbocycles. The lowest BCUT2D eigenvalue weighted by Crippen LogP contribution is -2.42. The van der Waals surface area contributed by atoms with E-state index in [0.717, 1.165) is 12.1 Å². The van der Waals surface area contributed by atoms with Crippen molar-refractivity contribution in [2.45, 2.75) is 27.2 Å². The molecule has 2 amide bonds. The van der Waals surface area contributed by atoms with Gasteiger partial charge in [0.2, 0.25) is 5.91 Å². The largest absolute Gasteiger partial charge is 0.490 e. The highest BCUT2D eigenvalue weighted by Crippen LogP contribution is 2.38. The normalized spacial score (nSPS) is 16.0. The molecule has 6 nitrogen and oxygen atoms in total. The standard InChI is InChI=1S/C19H22N2O4/c1-4-9-21-14-8-7-13(20-17(22)15-6-5-10-24-15)11-16(14)25-12-19(2,3)18(21)23/h5-8,10-11H,4,9,12H2,1-3H3,(H,20,22). The first-order valence-electron chi connectivity index (χ1n) is 8.36. The number of ether oxygens (including phenoxy) is 1. The molecule has 1 aliphatic heterocycles. The van der Waals surface area contributed by atoms with Crippen LogP contribution in [0.5, 0.6) is 5.75 Å². The van der Waals surface area contributed by atoms with Crippen LogP contribution in [-0.4, -0.2) is 25.0 Å². The summed E-state index contributed by atoms with van der Waals surface area (Å²) in [5, 5.41) is 2.78. The van der Waals surface area contributed by atoms with Crippen LogP contribution in [0.15, 0.2) is 41.0 Å². The smallest absolute Gasteiger partial charge is 0.291 e. The molecule has 0 radical (unpaired) electrons. The van der Waals surface area contributed by atoms with Crippen molar-refractivity contribution < 1.29 is 18.7 Å². The first kappa shape index (κ1) is 17.1. The molecule has 1 aliphatic rings. The molecule has 0 saturated heterocycles.